The van der Waals surface area contributed by atoms with Gasteiger partial charge in [0.15, 0.2) is 9.84 Å². The number of sulfone groups is 1. The van der Waals surface area contributed by atoms with Gasteiger partial charge in [0.05, 0.1) is 10.6 Å². The number of rotatable bonds is 5. The number of benzene rings is 1. The maximum Gasteiger partial charge on any atom is 0.178 e. The highest BCUT2D eigenvalue weighted by Crippen LogP contribution is 2.16. The number of hydrogen-bond donors (Lipinski definition) is 0. The molecular formula is C10H12Cl2O2S. The molecule has 0 spiro atoms. The third-order valence-electron chi connectivity index (χ3n) is 1.97. The molecule has 0 saturated heterocycles. The van der Waals surface area contributed by atoms with Crippen LogP contribution < -0.4 is 0 Å². The van der Waals surface area contributed by atoms with E-state index in [1.54, 1.807) is 12.1 Å². The third kappa shape index (κ3) is 4.01. The number of unbranched alkanes of at least 4 members (excludes halogenated alkanes) is 1. The van der Waals surface area contributed by atoms with Crippen LogP contribution in [0.5, 0.6) is 0 Å². The zero-order valence-electron chi connectivity index (χ0n) is 8.12. The van der Waals surface area contributed by atoms with Crippen LogP contribution in [0.3, 0.4) is 0 Å². The standard InChI is InChI=1S/C10H12Cl2O2S/c11-7-1-2-8-15(13,14)10-5-3-9(12)4-6-10/h3-6H,1-2,7-8H2. The largest absolute Gasteiger partial charge is 0.224 e. The van der Waals surface area contributed by atoms with Crippen LogP contribution in [0.15, 0.2) is 29.2 Å². The maximum absolute atomic E-state index is 11.7. The van der Waals surface area contributed by atoms with Gasteiger partial charge in [-0.1, -0.05) is 11.6 Å². The van der Waals surface area contributed by atoms with Crippen LogP contribution in [0.1, 0.15) is 12.8 Å². The molecule has 0 saturated carbocycles. The Hall–Kier alpha value is -0.250. The summed E-state index contributed by atoms with van der Waals surface area (Å²) in [5.41, 5.74) is 0. The lowest BCUT2D eigenvalue weighted by Gasteiger charge is -2.03. The first-order chi connectivity index (χ1) is 7.06. The molecule has 0 heterocycles. The summed E-state index contributed by atoms with van der Waals surface area (Å²) < 4.78 is 23.5. The van der Waals surface area contributed by atoms with Crippen LogP contribution in [-0.2, 0) is 9.84 Å². The molecule has 1 aromatic rings. The fraction of sp³-hybridized carbons (Fsp3) is 0.400. The summed E-state index contributed by atoms with van der Waals surface area (Å²) in [7, 11) is -3.17. The van der Waals surface area contributed by atoms with Gasteiger partial charge in [-0.2, -0.15) is 0 Å². The Kier molecular flexibility index (Phi) is 4.90. The van der Waals surface area contributed by atoms with E-state index in [1.807, 2.05) is 0 Å². The molecule has 5 heteroatoms. The molecule has 0 atom stereocenters. The van der Waals surface area contributed by atoms with Crippen molar-refractivity contribution in [2.75, 3.05) is 11.6 Å². The van der Waals surface area contributed by atoms with Crippen LogP contribution >= 0.6 is 23.2 Å². The smallest absolute Gasteiger partial charge is 0.178 e. The minimum atomic E-state index is -3.17. The monoisotopic (exact) mass is 266 g/mol. The average molecular weight is 267 g/mol. The second-order valence-electron chi connectivity index (χ2n) is 3.17. The molecular weight excluding hydrogens is 255 g/mol. The molecule has 1 rings (SSSR count). The zero-order valence-corrected chi connectivity index (χ0v) is 10.4. The SMILES string of the molecule is O=S(=O)(CCCCCl)c1ccc(Cl)cc1. The molecule has 1 aromatic carbocycles. The van der Waals surface area contributed by atoms with Crippen molar-refractivity contribution >= 4 is 33.0 Å². The molecule has 0 bridgehead atoms. The molecule has 0 aliphatic carbocycles. The second kappa shape index (κ2) is 5.73. The Balaban J connectivity index is 2.73. The molecule has 0 radical (unpaired) electrons. The first-order valence-corrected chi connectivity index (χ1v) is 7.17. The van der Waals surface area contributed by atoms with Gasteiger partial charge in [-0.05, 0) is 37.1 Å². The van der Waals surface area contributed by atoms with E-state index < -0.39 is 9.84 Å². The van der Waals surface area contributed by atoms with Crippen molar-refractivity contribution in [3.05, 3.63) is 29.3 Å². The van der Waals surface area contributed by atoms with Crippen molar-refractivity contribution in [2.24, 2.45) is 0 Å². The number of halogens is 2. The predicted molar refractivity (Wildman–Crippen MR) is 63.5 cm³/mol. The van der Waals surface area contributed by atoms with Crippen LogP contribution in [0, 0.1) is 0 Å². The van der Waals surface area contributed by atoms with Gasteiger partial charge >= 0.3 is 0 Å². The summed E-state index contributed by atoms with van der Waals surface area (Å²) in [5.74, 6) is 0.636. The van der Waals surface area contributed by atoms with E-state index in [4.69, 9.17) is 23.2 Å². The van der Waals surface area contributed by atoms with Crippen molar-refractivity contribution < 1.29 is 8.42 Å². The van der Waals surface area contributed by atoms with Gasteiger partial charge in [-0.15, -0.1) is 11.6 Å². The normalized spacial score (nSPS) is 11.6. The minimum Gasteiger partial charge on any atom is -0.224 e. The summed E-state index contributed by atoms with van der Waals surface area (Å²) in [5, 5.41) is 0.537. The molecule has 2 nitrogen and oxygen atoms in total. The van der Waals surface area contributed by atoms with Crippen molar-refractivity contribution in [2.45, 2.75) is 17.7 Å². The molecule has 0 unspecified atom stereocenters. The van der Waals surface area contributed by atoms with Crippen LogP contribution in [0.25, 0.3) is 0 Å². The first kappa shape index (κ1) is 12.8. The van der Waals surface area contributed by atoms with E-state index in [0.29, 0.717) is 28.6 Å². The van der Waals surface area contributed by atoms with Crippen LogP contribution in [0.4, 0.5) is 0 Å². The van der Waals surface area contributed by atoms with Crippen molar-refractivity contribution in [3.63, 3.8) is 0 Å². The summed E-state index contributed by atoms with van der Waals surface area (Å²) in [6.45, 7) is 0. The number of alkyl halides is 1. The van der Waals surface area contributed by atoms with Gasteiger partial charge in [-0.25, -0.2) is 8.42 Å². The Bertz CT molecular complexity index is 398. The summed E-state index contributed by atoms with van der Waals surface area (Å²) >= 11 is 11.2. The minimum absolute atomic E-state index is 0.140. The lowest BCUT2D eigenvalue weighted by molar-refractivity contribution is 0.593. The van der Waals surface area contributed by atoms with E-state index in [-0.39, 0.29) is 5.75 Å². The molecule has 0 amide bonds. The molecule has 0 N–H and O–H groups in total. The average Bonchev–Trinajstić information content (AvgIpc) is 2.18. The predicted octanol–water partition coefficient (Wildman–Crippen LogP) is 3.13. The van der Waals surface area contributed by atoms with Gasteiger partial charge in [-0.3, -0.25) is 0 Å². The second-order valence-corrected chi connectivity index (χ2v) is 6.09. The topological polar surface area (TPSA) is 34.1 Å². The van der Waals surface area contributed by atoms with Crippen molar-refractivity contribution in [3.8, 4) is 0 Å². The molecule has 0 fully saturated rings. The molecule has 0 aromatic heterocycles. The maximum atomic E-state index is 11.7. The van der Waals surface area contributed by atoms with Gasteiger partial charge in [0, 0.05) is 10.9 Å². The molecule has 0 aliphatic heterocycles. The van der Waals surface area contributed by atoms with E-state index in [1.165, 1.54) is 12.1 Å². The Labute approximate surface area is 100 Å². The number of hydrogen-bond acceptors (Lipinski definition) is 2. The summed E-state index contributed by atoms with van der Waals surface area (Å²) in [4.78, 5) is 0.321. The first-order valence-electron chi connectivity index (χ1n) is 4.60. The molecule has 15 heavy (non-hydrogen) atoms. The Morgan fingerprint density at radius 3 is 2.20 bits per heavy atom. The van der Waals surface area contributed by atoms with E-state index >= 15 is 0 Å². The Morgan fingerprint density at radius 2 is 1.67 bits per heavy atom. The highest BCUT2D eigenvalue weighted by molar-refractivity contribution is 7.91. The van der Waals surface area contributed by atoms with E-state index in [0.717, 1.165) is 0 Å². The molecule has 0 aliphatic rings. The fourth-order valence-corrected chi connectivity index (χ4v) is 2.83. The van der Waals surface area contributed by atoms with Gasteiger partial charge in [0.25, 0.3) is 0 Å². The third-order valence-corrected chi connectivity index (χ3v) is 4.31. The van der Waals surface area contributed by atoms with E-state index in [2.05, 4.69) is 0 Å². The van der Waals surface area contributed by atoms with Crippen molar-refractivity contribution in [1.82, 2.24) is 0 Å². The lowest BCUT2D eigenvalue weighted by Crippen LogP contribution is -2.06. The van der Waals surface area contributed by atoms with Gasteiger partial charge in [0.1, 0.15) is 0 Å². The quantitative estimate of drug-likeness (QED) is 0.606. The molecule has 84 valence electrons. The summed E-state index contributed by atoms with van der Waals surface area (Å²) in [6.07, 6.45) is 1.31. The Morgan fingerprint density at radius 1 is 1.07 bits per heavy atom. The highest BCUT2D eigenvalue weighted by atomic mass is 35.5. The van der Waals surface area contributed by atoms with Gasteiger partial charge in [0.2, 0.25) is 0 Å². The van der Waals surface area contributed by atoms with E-state index in [9.17, 15) is 8.42 Å². The fourth-order valence-electron chi connectivity index (χ4n) is 1.15. The van der Waals surface area contributed by atoms with Crippen molar-refractivity contribution in [1.29, 1.82) is 0 Å². The van der Waals surface area contributed by atoms with Crippen LogP contribution in [0.2, 0.25) is 5.02 Å². The zero-order chi connectivity index (χ0) is 11.3. The lowest BCUT2D eigenvalue weighted by atomic mass is 10.4. The van der Waals surface area contributed by atoms with Gasteiger partial charge < -0.3 is 0 Å². The van der Waals surface area contributed by atoms with Crippen LogP contribution in [-0.4, -0.2) is 20.1 Å². The summed E-state index contributed by atoms with van der Waals surface area (Å²) in [6, 6.07) is 6.21. The highest BCUT2D eigenvalue weighted by Gasteiger charge is 2.13.